The van der Waals surface area contributed by atoms with Crippen molar-refractivity contribution < 1.29 is 12.6 Å². The number of fused-ring (bicyclic) bond motifs is 1. The lowest BCUT2D eigenvalue weighted by atomic mass is 10.2. The number of hydrogen-bond donors (Lipinski definition) is 4. The summed E-state index contributed by atoms with van der Waals surface area (Å²) in [5.41, 5.74) is 1.10. The lowest BCUT2D eigenvalue weighted by Gasteiger charge is -2.24. The first-order chi connectivity index (χ1) is 14.6. The van der Waals surface area contributed by atoms with Gasteiger partial charge in [-0.2, -0.15) is 15.1 Å². The molecule has 0 saturated carbocycles. The zero-order valence-corrected chi connectivity index (χ0v) is 19.1. The number of anilines is 3. The number of rotatable bonds is 7. The molecular weight excluding hydrogens is 464 g/mol. The van der Waals surface area contributed by atoms with E-state index >= 15 is 0 Å². The predicted octanol–water partition coefficient (Wildman–Crippen LogP) is 2.39. The Kier molecular flexibility index (Phi) is 5.83. The molecule has 0 atom stereocenters. The van der Waals surface area contributed by atoms with Gasteiger partial charge in [0.05, 0.1) is 29.1 Å². The molecule has 168 valence electrons. The van der Waals surface area contributed by atoms with Gasteiger partial charge in [0.1, 0.15) is 21.3 Å². The fourth-order valence-electron chi connectivity index (χ4n) is 3.44. The Morgan fingerprint density at radius 2 is 2.10 bits per heavy atom. The van der Waals surface area contributed by atoms with Crippen molar-refractivity contribution in [1.29, 1.82) is 4.78 Å². The molecule has 1 fully saturated rings. The first kappa shape index (κ1) is 21.8. The van der Waals surface area contributed by atoms with E-state index < -0.39 is 19.6 Å². The van der Waals surface area contributed by atoms with Crippen LogP contribution in [0.2, 0.25) is 5.15 Å². The van der Waals surface area contributed by atoms with Gasteiger partial charge in [0.15, 0.2) is 5.15 Å². The summed E-state index contributed by atoms with van der Waals surface area (Å²) < 4.78 is 44.1. The predicted molar refractivity (Wildman–Crippen MR) is 121 cm³/mol. The standard InChI is InChI=1S/C17H23ClN8O3S2/c1-30(27,28)9-6-21-16-12-2-5-20-15(12)24-17(25-16)23-13-10-22-26(14(13)18)11-3-7-31(19,29)8-4-11/h2,5,10-11,19H,3-4,6-9H2,1H3,(H3,20,21,23,24,25). The van der Waals surface area contributed by atoms with Gasteiger partial charge in [-0.05, 0) is 18.9 Å². The maximum atomic E-state index is 11.9. The van der Waals surface area contributed by atoms with Crippen LogP contribution in [0.1, 0.15) is 18.9 Å². The molecule has 4 N–H and O–H groups in total. The molecule has 1 aliphatic heterocycles. The maximum Gasteiger partial charge on any atom is 0.231 e. The van der Waals surface area contributed by atoms with Crippen molar-refractivity contribution in [2.75, 3.05) is 40.7 Å². The molecule has 0 bridgehead atoms. The van der Waals surface area contributed by atoms with E-state index in [9.17, 15) is 12.6 Å². The number of aromatic amines is 1. The van der Waals surface area contributed by atoms with Gasteiger partial charge >= 0.3 is 0 Å². The van der Waals surface area contributed by atoms with E-state index in [-0.39, 0.29) is 24.3 Å². The van der Waals surface area contributed by atoms with Crippen molar-refractivity contribution >= 4 is 59.7 Å². The van der Waals surface area contributed by atoms with Crippen molar-refractivity contribution in [3.63, 3.8) is 0 Å². The van der Waals surface area contributed by atoms with E-state index in [2.05, 4.69) is 30.7 Å². The van der Waals surface area contributed by atoms with Gasteiger partial charge in [-0.3, -0.25) is 4.78 Å². The molecule has 14 heteroatoms. The van der Waals surface area contributed by atoms with Crippen LogP contribution in [0.25, 0.3) is 11.0 Å². The van der Waals surface area contributed by atoms with E-state index in [1.54, 1.807) is 23.1 Å². The van der Waals surface area contributed by atoms with Gasteiger partial charge in [0, 0.05) is 40.2 Å². The second-order valence-corrected chi connectivity index (χ2v) is 12.6. The normalized spacial score (nSPS) is 21.9. The monoisotopic (exact) mass is 486 g/mol. The van der Waals surface area contributed by atoms with Gasteiger partial charge in [-0.25, -0.2) is 17.3 Å². The molecule has 0 aliphatic carbocycles. The van der Waals surface area contributed by atoms with Crippen LogP contribution in [-0.2, 0) is 19.6 Å². The van der Waals surface area contributed by atoms with Crippen LogP contribution in [0.4, 0.5) is 17.5 Å². The number of nitrogens with zero attached hydrogens (tertiary/aromatic N) is 4. The Bertz CT molecular complexity index is 1300. The highest BCUT2D eigenvalue weighted by molar-refractivity contribution is 7.92. The van der Waals surface area contributed by atoms with E-state index in [1.807, 2.05) is 0 Å². The fourth-order valence-corrected chi connectivity index (χ4v) is 5.70. The van der Waals surface area contributed by atoms with Crippen molar-refractivity contribution in [3.05, 3.63) is 23.6 Å². The lowest BCUT2D eigenvalue weighted by Crippen LogP contribution is -2.25. The van der Waals surface area contributed by atoms with Crippen LogP contribution in [-0.4, -0.2) is 67.4 Å². The quantitative estimate of drug-likeness (QED) is 0.396. The number of nitrogens with one attached hydrogen (secondary N) is 4. The molecule has 3 aromatic rings. The Morgan fingerprint density at radius 3 is 2.81 bits per heavy atom. The van der Waals surface area contributed by atoms with E-state index in [0.29, 0.717) is 46.7 Å². The molecule has 4 rings (SSSR count). The van der Waals surface area contributed by atoms with E-state index in [0.717, 1.165) is 5.39 Å². The van der Waals surface area contributed by atoms with Crippen molar-refractivity contribution in [2.45, 2.75) is 18.9 Å². The number of H-pyrrole nitrogens is 1. The number of sulfone groups is 1. The first-order valence-corrected chi connectivity index (χ1v) is 14.0. The molecule has 4 heterocycles. The summed E-state index contributed by atoms with van der Waals surface area (Å²) in [6.07, 6.45) is 5.66. The second kappa shape index (κ2) is 8.28. The smallest absolute Gasteiger partial charge is 0.231 e. The van der Waals surface area contributed by atoms with E-state index in [1.165, 1.54) is 6.26 Å². The minimum Gasteiger partial charge on any atom is -0.368 e. The van der Waals surface area contributed by atoms with Gasteiger partial charge in [-0.15, -0.1) is 0 Å². The molecule has 0 amide bonds. The second-order valence-electron chi connectivity index (χ2n) is 7.56. The topological polar surface area (TPSA) is 159 Å². The van der Waals surface area contributed by atoms with Crippen LogP contribution >= 0.6 is 11.6 Å². The average Bonchev–Trinajstić information content (AvgIpc) is 3.29. The summed E-state index contributed by atoms with van der Waals surface area (Å²) in [7, 11) is -5.58. The third-order valence-corrected chi connectivity index (χ3v) is 8.18. The Balaban J connectivity index is 1.54. The minimum absolute atomic E-state index is 0.0111. The van der Waals surface area contributed by atoms with Gasteiger partial charge in [-0.1, -0.05) is 11.6 Å². The average molecular weight is 487 g/mol. The molecule has 11 nitrogen and oxygen atoms in total. The summed E-state index contributed by atoms with van der Waals surface area (Å²) in [5, 5.41) is 11.6. The molecule has 0 radical (unpaired) electrons. The van der Waals surface area contributed by atoms with Crippen LogP contribution < -0.4 is 10.6 Å². The molecule has 1 saturated heterocycles. The third kappa shape index (κ3) is 5.10. The Morgan fingerprint density at radius 1 is 1.35 bits per heavy atom. The Hall–Kier alpha value is -2.38. The van der Waals surface area contributed by atoms with Crippen LogP contribution in [0.15, 0.2) is 18.5 Å². The third-order valence-electron chi connectivity index (χ3n) is 5.07. The molecule has 31 heavy (non-hydrogen) atoms. The lowest BCUT2D eigenvalue weighted by molar-refractivity contribution is 0.420. The van der Waals surface area contributed by atoms with Gasteiger partial charge in [0.2, 0.25) is 5.95 Å². The SMILES string of the molecule is CS(=O)(=O)CCNc1nc(Nc2cnn(C3CCS(=N)(=O)CC3)c2Cl)nc2[nH]ccc12. The molecular formula is C17H23ClN8O3S2. The first-order valence-electron chi connectivity index (χ1n) is 9.62. The van der Waals surface area contributed by atoms with Crippen LogP contribution in [0.3, 0.4) is 0 Å². The summed E-state index contributed by atoms with van der Waals surface area (Å²) in [6.45, 7) is 0.217. The molecule has 0 spiro atoms. The molecule has 0 aromatic carbocycles. The summed E-state index contributed by atoms with van der Waals surface area (Å²) in [5.74, 6) is 1.43. The number of aromatic nitrogens is 5. The minimum atomic E-state index is -3.10. The van der Waals surface area contributed by atoms with Gasteiger partial charge in [0.25, 0.3) is 0 Å². The van der Waals surface area contributed by atoms with Gasteiger partial charge < -0.3 is 15.6 Å². The number of hydrogen-bond acceptors (Lipinski definition) is 9. The highest BCUT2D eigenvalue weighted by Gasteiger charge is 2.25. The largest absolute Gasteiger partial charge is 0.368 e. The highest BCUT2D eigenvalue weighted by atomic mass is 35.5. The molecule has 3 aromatic heterocycles. The summed E-state index contributed by atoms with van der Waals surface area (Å²) in [4.78, 5) is 11.9. The van der Waals surface area contributed by atoms with E-state index in [4.69, 9.17) is 16.4 Å². The maximum absolute atomic E-state index is 11.9. The van der Waals surface area contributed by atoms with Crippen molar-refractivity contribution in [2.24, 2.45) is 0 Å². The highest BCUT2D eigenvalue weighted by Crippen LogP contribution is 2.32. The van der Waals surface area contributed by atoms with Crippen LogP contribution in [0.5, 0.6) is 0 Å². The fraction of sp³-hybridized carbons (Fsp3) is 0.471. The zero-order valence-electron chi connectivity index (χ0n) is 16.8. The Labute approximate surface area is 184 Å². The zero-order chi connectivity index (χ0) is 22.2. The summed E-state index contributed by atoms with van der Waals surface area (Å²) >= 11 is 6.52. The van der Waals surface area contributed by atoms with Crippen molar-refractivity contribution in [1.82, 2.24) is 24.7 Å². The summed E-state index contributed by atoms with van der Waals surface area (Å²) in [6, 6.07) is 1.79. The van der Waals surface area contributed by atoms with Crippen molar-refractivity contribution in [3.8, 4) is 0 Å². The molecule has 1 aliphatic rings. The molecule has 0 unspecified atom stereocenters. The number of halogens is 1. The van der Waals surface area contributed by atoms with Crippen LogP contribution in [0, 0.1) is 4.78 Å².